The van der Waals surface area contributed by atoms with Crippen LogP contribution in [0.4, 0.5) is 0 Å². The highest BCUT2D eigenvalue weighted by molar-refractivity contribution is 8.00. The highest BCUT2D eigenvalue weighted by atomic mass is 32.2. The molecule has 1 amide bonds. The van der Waals surface area contributed by atoms with Gasteiger partial charge in [0.25, 0.3) is 0 Å². The first-order valence-corrected chi connectivity index (χ1v) is 12.3. The van der Waals surface area contributed by atoms with Gasteiger partial charge in [0, 0.05) is 14.1 Å². The van der Waals surface area contributed by atoms with Gasteiger partial charge >= 0.3 is 0 Å². The highest BCUT2D eigenvalue weighted by Gasteiger charge is 2.34. The molecule has 0 radical (unpaired) electrons. The number of thioether (sulfide) groups is 1. The normalized spacial score (nSPS) is 13.7. The number of unbranched alkanes of at least 4 members (excludes halogenated alkanes) is 1. The number of carbonyl (C=O) groups excluding carboxylic acids is 1. The van der Waals surface area contributed by atoms with Crippen molar-refractivity contribution in [2.75, 3.05) is 19.8 Å². The minimum Gasteiger partial charge on any atom is -0.348 e. The van der Waals surface area contributed by atoms with Crippen molar-refractivity contribution in [1.29, 1.82) is 0 Å². The third-order valence-electron chi connectivity index (χ3n) is 4.55. The lowest BCUT2D eigenvalue weighted by atomic mass is 10.0. The van der Waals surface area contributed by atoms with Crippen LogP contribution in [0.2, 0.25) is 0 Å². The van der Waals surface area contributed by atoms with Crippen molar-refractivity contribution in [2.45, 2.75) is 42.9 Å². The SMILES string of the molecule is CCCCS[C@@H](C(=O)N(C)C)[C@H](NS(=O)(=O)c1ccc(C)cc1)c1ccccc1. The Morgan fingerprint density at radius 3 is 2.24 bits per heavy atom. The summed E-state index contributed by atoms with van der Waals surface area (Å²) in [5, 5.41) is -0.556. The first-order chi connectivity index (χ1) is 13.8. The number of hydrogen-bond donors (Lipinski definition) is 1. The van der Waals surface area contributed by atoms with E-state index in [1.807, 2.05) is 37.3 Å². The molecule has 2 rings (SSSR count). The van der Waals surface area contributed by atoms with E-state index in [0.717, 1.165) is 29.7 Å². The van der Waals surface area contributed by atoms with Crippen molar-refractivity contribution in [3.05, 3.63) is 65.7 Å². The van der Waals surface area contributed by atoms with Crippen LogP contribution in [-0.2, 0) is 14.8 Å². The van der Waals surface area contributed by atoms with Crippen molar-refractivity contribution in [3.63, 3.8) is 0 Å². The predicted molar refractivity (Wildman–Crippen MR) is 121 cm³/mol. The Labute approximate surface area is 178 Å². The van der Waals surface area contributed by atoms with Crippen LogP contribution < -0.4 is 4.72 Å². The summed E-state index contributed by atoms with van der Waals surface area (Å²) in [5.41, 5.74) is 1.76. The molecule has 158 valence electrons. The molecule has 0 unspecified atom stereocenters. The van der Waals surface area contributed by atoms with Crippen LogP contribution in [0.3, 0.4) is 0 Å². The maximum absolute atomic E-state index is 13.1. The minimum atomic E-state index is -3.79. The molecule has 2 aromatic carbocycles. The van der Waals surface area contributed by atoms with Gasteiger partial charge in [0.15, 0.2) is 0 Å². The Morgan fingerprint density at radius 2 is 1.69 bits per heavy atom. The van der Waals surface area contributed by atoms with Crippen molar-refractivity contribution in [1.82, 2.24) is 9.62 Å². The molecule has 0 saturated carbocycles. The Bertz CT molecular complexity index is 882. The number of benzene rings is 2. The van der Waals surface area contributed by atoms with Gasteiger partial charge in [0.2, 0.25) is 15.9 Å². The van der Waals surface area contributed by atoms with E-state index in [4.69, 9.17) is 0 Å². The number of nitrogens with one attached hydrogen (secondary N) is 1. The predicted octanol–water partition coefficient (Wildman–Crippen LogP) is 4.00. The molecule has 0 aliphatic rings. The molecule has 0 aliphatic heterocycles. The zero-order chi connectivity index (χ0) is 21.4. The van der Waals surface area contributed by atoms with Gasteiger partial charge in [0.1, 0.15) is 5.25 Å². The monoisotopic (exact) mass is 434 g/mol. The first-order valence-electron chi connectivity index (χ1n) is 9.73. The van der Waals surface area contributed by atoms with Gasteiger partial charge in [-0.1, -0.05) is 61.4 Å². The highest BCUT2D eigenvalue weighted by Crippen LogP contribution is 2.30. The number of nitrogens with zero attached hydrogens (tertiary/aromatic N) is 1. The fourth-order valence-electron chi connectivity index (χ4n) is 2.84. The summed E-state index contributed by atoms with van der Waals surface area (Å²) in [5.74, 6) is 0.683. The van der Waals surface area contributed by atoms with E-state index in [2.05, 4.69) is 11.6 Å². The summed E-state index contributed by atoms with van der Waals surface area (Å²) in [6.45, 7) is 4.00. The molecule has 0 heterocycles. The topological polar surface area (TPSA) is 66.5 Å². The lowest BCUT2D eigenvalue weighted by Crippen LogP contribution is -2.43. The van der Waals surface area contributed by atoms with Gasteiger partial charge < -0.3 is 4.90 Å². The van der Waals surface area contributed by atoms with Crippen molar-refractivity contribution < 1.29 is 13.2 Å². The molecule has 7 heteroatoms. The molecule has 0 spiro atoms. The average Bonchev–Trinajstić information content (AvgIpc) is 2.70. The van der Waals surface area contributed by atoms with Crippen LogP contribution in [0.25, 0.3) is 0 Å². The van der Waals surface area contributed by atoms with Gasteiger partial charge in [-0.15, -0.1) is 11.8 Å². The zero-order valence-electron chi connectivity index (χ0n) is 17.5. The smallest absolute Gasteiger partial charge is 0.241 e. The van der Waals surface area contributed by atoms with Crippen LogP contribution in [0.5, 0.6) is 0 Å². The van der Waals surface area contributed by atoms with Gasteiger partial charge in [-0.3, -0.25) is 4.79 Å². The maximum atomic E-state index is 13.1. The second-order valence-corrected chi connectivity index (χ2v) is 10.2. The van der Waals surface area contributed by atoms with Crippen molar-refractivity contribution in [3.8, 4) is 0 Å². The van der Waals surface area contributed by atoms with E-state index in [9.17, 15) is 13.2 Å². The summed E-state index contributed by atoms with van der Waals surface area (Å²) in [4.78, 5) is 14.7. The first kappa shape index (κ1) is 23.4. The van der Waals surface area contributed by atoms with Crippen LogP contribution in [-0.4, -0.2) is 44.3 Å². The van der Waals surface area contributed by atoms with Crippen LogP contribution in [0, 0.1) is 6.92 Å². The molecule has 29 heavy (non-hydrogen) atoms. The lowest BCUT2D eigenvalue weighted by Gasteiger charge is -2.29. The number of hydrogen-bond acceptors (Lipinski definition) is 4. The zero-order valence-corrected chi connectivity index (χ0v) is 19.1. The van der Waals surface area contributed by atoms with E-state index in [1.165, 1.54) is 16.7 Å². The summed E-state index contributed by atoms with van der Waals surface area (Å²) in [6, 6.07) is 15.4. The number of aryl methyl sites for hydroxylation is 1. The quantitative estimate of drug-likeness (QED) is 0.574. The maximum Gasteiger partial charge on any atom is 0.241 e. The fraction of sp³-hybridized carbons (Fsp3) is 0.409. The molecule has 0 aliphatic carbocycles. The summed E-state index contributed by atoms with van der Waals surface area (Å²) in [7, 11) is -0.392. The Hall–Kier alpha value is -1.83. The number of rotatable bonds is 10. The average molecular weight is 435 g/mol. The second-order valence-electron chi connectivity index (χ2n) is 7.20. The Kier molecular flexibility index (Phi) is 8.74. The van der Waals surface area contributed by atoms with Crippen LogP contribution in [0.1, 0.15) is 36.9 Å². The molecule has 0 bridgehead atoms. The Balaban J connectivity index is 2.44. The van der Waals surface area contributed by atoms with Crippen molar-refractivity contribution in [2.24, 2.45) is 0 Å². The second kappa shape index (κ2) is 10.8. The number of sulfonamides is 1. The van der Waals surface area contributed by atoms with Crippen LogP contribution in [0.15, 0.2) is 59.5 Å². The molecular weight excluding hydrogens is 404 g/mol. The van der Waals surface area contributed by atoms with E-state index < -0.39 is 21.3 Å². The molecule has 0 fully saturated rings. The van der Waals surface area contributed by atoms with E-state index >= 15 is 0 Å². The molecule has 1 N–H and O–H groups in total. The van der Waals surface area contributed by atoms with E-state index in [-0.39, 0.29) is 10.8 Å². The third-order valence-corrected chi connectivity index (χ3v) is 7.37. The molecule has 0 saturated heterocycles. The fourth-order valence-corrected chi connectivity index (χ4v) is 5.64. The lowest BCUT2D eigenvalue weighted by molar-refractivity contribution is -0.128. The minimum absolute atomic E-state index is 0.105. The summed E-state index contributed by atoms with van der Waals surface area (Å²) < 4.78 is 29.0. The molecular formula is C22H30N2O3S2. The molecule has 5 nitrogen and oxygen atoms in total. The third kappa shape index (κ3) is 6.59. The number of amides is 1. The van der Waals surface area contributed by atoms with Gasteiger partial charge in [-0.05, 0) is 36.8 Å². The van der Waals surface area contributed by atoms with Crippen molar-refractivity contribution >= 4 is 27.7 Å². The van der Waals surface area contributed by atoms with Gasteiger partial charge in [-0.2, -0.15) is 0 Å². The molecule has 0 aromatic heterocycles. The van der Waals surface area contributed by atoms with Crippen LogP contribution >= 0.6 is 11.8 Å². The Morgan fingerprint density at radius 1 is 1.07 bits per heavy atom. The molecule has 2 aromatic rings. The van der Waals surface area contributed by atoms with Gasteiger partial charge in [-0.25, -0.2) is 13.1 Å². The largest absolute Gasteiger partial charge is 0.348 e. The molecule has 2 atom stereocenters. The van der Waals surface area contributed by atoms with Gasteiger partial charge in [0.05, 0.1) is 10.9 Å². The number of carbonyl (C=O) groups is 1. The summed E-state index contributed by atoms with van der Waals surface area (Å²) in [6.07, 6.45) is 1.98. The van der Waals surface area contributed by atoms with E-state index in [1.54, 1.807) is 38.4 Å². The van der Waals surface area contributed by atoms with E-state index in [0.29, 0.717) is 0 Å². The summed E-state index contributed by atoms with van der Waals surface area (Å²) >= 11 is 1.51. The standard InChI is InChI=1S/C22H30N2O3S2/c1-5-6-16-28-21(22(25)24(3)4)20(18-10-8-7-9-11-18)23-29(26,27)19-14-12-17(2)13-15-19/h7-15,20-21,23H,5-6,16H2,1-4H3/t20-,21-/m1/s1.